The summed E-state index contributed by atoms with van der Waals surface area (Å²) in [4.78, 5) is 2.81. The average Bonchev–Trinajstić information content (AvgIpc) is 3.02. The van der Waals surface area contributed by atoms with Crippen molar-refractivity contribution in [3.05, 3.63) is 50.7 Å². The highest BCUT2D eigenvalue weighted by Gasteiger charge is 2.19. The minimum absolute atomic E-state index is 0.295. The smallest absolute Gasteiger partial charge is 0.122 e. The average molecular weight is 287 g/mol. The molecule has 0 aliphatic carbocycles. The monoisotopic (exact) mass is 287 g/mol. The molecule has 3 heteroatoms. The van der Waals surface area contributed by atoms with Gasteiger partial charge in [-0.25, -0.2) is 0 Å². The Balaban J connectivity index is 1.98. The lowest BCUT2D eigenvalue weighted by molar-refractivity contribution is 0.357. The maximum Gasteiger partial charge on any atom is 0.122 e. The van der Waals surface area contributed by atoms with E-state index in [1.807, 2.05) is 11.3 Å². The summed E-state index contributed by atoms with van der Waals surface area (Å²) >= 11 is 1.90. The van der Waals surface area contributed by atoms with Crippen molar-refractivity contribution in [2.45, 2.75) is 33.2 Å². The van der Waals surface area contributed by atoms with Crippen LogP contribution in [0.15, 0.2) is 24.3 Å². The lowest BCUT2D eigenvalue weighted by Gasteiger charge is -2.17. The molecule has 106 valence electrons. The lowest BCUT2D eigenvalue weighted by atomic mass is 10.0. The van der Waals surface area contributed by atoms with Crippen molar-refractivity contribution in [2.24, 2.45) is 0 Å². The van der Waals surface area contributed by atoms with Crippen LogP contribution in [0.2, 0.25) is 0 Å². The van der Waals surface area contributed by atoms with Gasteiger partial charge in [0.15, 0.2) is 0 Å². The molecule has 0 saturated carbocycles. The highest BCUT2D eigenvalue weighted by molar-refractivity contribution is 7.12. The van der Waals surface area contributed by atoms with Gasteiger partial charge in [0, 0.05) is 16.2 Å². The number of nitrogens with one attached hydrogen (secondary N) is 1. The second-order valence-electron chi connectivity index (χ2n) is 5.34. The summed E-state index contributed by atoms with van der Waals surface area (Å²) in [5.41, 5.74) is 4.07. The van der Waals surface area contributed by atoms with Crippen molar-refractivity contribution in [3.63, 3.8) is 0 Å². The number of thiophene rings is 1. The quantitative estimate of drug-likeness (QED) is 0.917. The number of hydrogen-bond donors (Lipinski definition) is 1. The third-order valence-corrected chi connectivity index (χ3v) is 5.14. The van der Waals surface area contributed by atoms with Crippen molar-refractivity contribution in [1.29, 1.82) is 0 Å². The van der Waals surface area contributed by atoms with Crippen LogP contribution >= 0.6 is 11.3 Å². The van der Waals surface area contributed by atoms with Gasteiger partial charge < -0.3 is 10.1 Å². The first kappa shape index (κ1) is 13.7. The zero-order chi connectivity index (χ0) is 14.1. The van der Waals surface area contributed by atoms with Crippen molar-refractivity contribution < 1.29 is 4.74 Å². The Labute approximate surface area is 124 Å². The fourth-order valence-corrected chi connectivity index (χ4v) is 3.86. The fraction of sp³-hybridized carbons (Fsp3) is 0.412. The predicted octanol–water partition coefficient (Wildman–Crippen LogP) is 4.00. The van der Waals surface area contributed by atoms with Gasteiger partial charge in [-0.15, -0.1) is 11.3 Å². The normalized spacial score (nSPS) is 14.9. The molecule has 0 fully saturated rings. The molecule has 1 unspecified atom stereocenters. The van der Waals surface area contributed by atoms with Crippen LogP contribution in [0.5, 0.6) is 5.75 Å². The Morgan fingerprint density at radius 3 is 2.85 bits per heavy atom. The summed E-state index contributed by atoms with van der Waals surface area (Å²) < 4.78 is 5.60. The Morgan fingerprint density at radius 2 is 2.15 bits per heavy atom. The summed E-state index contributed by atoms with van der Waals surface area (Å²) in [5, 5.41) is 3.62. The van der Waals surface area contributed by atoms with E-state index in [1.54, 1.807) is 0 Å². The summed E-state index contributed by atoms with van der Waals surface area (Å²) in [6.45, 7) is 8.34. The van der Waals surface area contributed by atoms with Crippen molar-refractivity contribution >= 4 is 11.3 Å². The zero-order valence-corrected chi connectivity index (χ0v) is 13.1. The van der Waals surface area contributed by atoms with Crippen molar-refractivity contribution in [3.8, 4) is 5.75 Å². The number of hydrogen-bond acceptors (Lipinski definition) is 3. The van der Waals surface area contributed by atoms with Crippen LogP contribution in [-0.2, 0) is 6.42 Å². The Kier molecular flexibility index (Phi) is 3.81. The number of fused-ring (bicyclic) bond motifs is 1. The van der Waals surface area contributed by atoms with Crippen LogP contribution in [0.3, 0.4) is 0 Å². The third-order valence-electron chi connectivity index (χ3n) is 3.92. The summed E-state index contributed by atoms with van der Waals surface area (Å²) in [7, 11) is 0. The van der Waals surface area contributed by atoms with Gasteiger partial charge >= 0.3 is 0 Å². The standard InChI is InChI=1S/C17H21NOS/c1-4-18-17(16-9-11(2)12(3)20-16)14-5-6-15-13(10-14)7-8-19-15/h5-6,9-10,17-18H,4,7-8H2,1-3H3. The first-order chi connectivity index (χ1) is 9.69. The lowest BCUT2D eigenvalue weighted by Crippen LogP contribution is -2.21. The van der Waals surface area contributed by atoms with E-state index in [1.165, 1.54) is 26.4 Å². The van der Waals surface area contributed by atoms with E-state index >= 15 is 0 Å². The van der Waals surface area contributed by atoms with Gasteiger partial charge in [-0.3, -0.25) is 0 Å². The van der Waals surface area contributed by atoms with Crippen LogP contribution in [0.25, 0.3) is 0 Å². The molecule has 1 aromatic carbocycles. The molecular formula is C17H21NOS. The van der Waals surface area contributed by atoms with Crippen LogP contribution in [0, 0.1) is 13.8 Å². The van der Waals surface area contributed by atoms with Gasteiger partial charge in [-0.1, -0.05) is 19.1 Å². The van der Waals surface area contributed by atoms with Crippen LogP contribution in [0.4, 0.5) is 0 Å². The maximum atomic E-state index is 5.60. The Morgan fingerprint density at radius 1 is 1.30 bits per heavy atom. The van der Waals surface area contributed by atoms with E-state index in [2.05, 4.69) is 50.4 Å². The van der Waals surface area contributed by atoms with Crippen LogP contribution in [-0.4, -0.2) is 13.2 Å². The molecule has 2 aromatic rings. The molecule has 1 atom stereocenters. The molecule has 1 aromatic heterocycles. The third kappa shape index (κ3) is 2.48. The van der Waals surface area contributed by atoms with Gasteiger partial charge in [0.1, 0.15) is 5.75 Å². The summed E-state index contributed by atoms with van der Waals surface area (Å²) in [5.74, 6) is 1.06. The predicted molar refractivity (Wildman–Crippen MR) is 85.0 cm³/mol. The van der Waals surface area contributed by atoms with E-state index in [0.29, 0.717) is 6.04 Å². The summed E-state index contributed by atoms with van der Waals surface area (Å²) in [6, 6.07) is 9.23. The molecule has 1 aliphatic rings. The van der Waals surface area contributed by atoms with Gasteiger partial charge in [0.2, 0.25) is 0 Å². The molecule has 1 N–H and O–H groups in total. The van der Waals surface area contributed by atoms with E-state index in [0.717, 1.165) is 25.3 Å². The highest BCUT2D eigenvalue weighted by Crippen LogP contribution is 2.34. The number of rotatable bonds is 4. The Hall–Kier alpha value is -1.32. The summed E-state index contributed by atoms with van der Waals surface area (Å²) in [6.07, 6.45) is 1.03. The van der Waals surface area contributed by atoms with Crippen molar-refractivity contribution in [1.82, 2.24) is 5.32 Å². The van der Waals surface area contributed by atoms with Gasteiger partial charge in [-0.05, 0) is 49.2 Å². The molecule has 0 radical (unpaired) electrons. The fourth-order valence-electron chi connectivity index (χ4n) is 2.72. The second-order valence-corrected chi connectivity index (χ2v) is 6.63. The highest BCUT2D eigenvalue weighted by atomic mass is 32.1. The molecule has 20 heavy (non-hydrogen) atoms. The molecular weight excluding hydrogens is 266 g/mol. The van der Waals surface area contributed by atoms with Gasteiger partial charge in [0.25, 0.3) is 0 Å². The molecule has 2 nitrogen and oxygen atoms in total. The Bertz CT molecular complexity index is 598. The first-order valence-electron chi connectivity index (χ1n) is 7.25. The number of ether oxygens (including phenoxy) is 1. The largest absolute Gasteiger partial charge is 0.493 e. The zero-order valence-electron chi connectivity index (χ0n) is 12.3. The number of aryl methyl sites for hydroxylation is 2. The van der Waals surface area contributed by atoms with Crippen LogP contribution in [0.1, 0.15) is 39.4 Å². The topological polar surface area (TPSA) is 21.3 Å². The van der Waals surface area contributed by atoms with E-state index in [4.69, 9.17) is 4.74 Å². The number of benzene rings is 1. The second kappa shape index (κ2) is 5.58. The molecule has 0 spiro atoms. The molecule has 0 amide bonds. The molecule has 2 heterocycles. The minimum Gasteiger partial charge on any atom is -0.493 e. The SMILES string of the molecule is CCNC(c1ccc2c(c1)CCO2)c1cc(C)c(C)s1. The first-order valence-corrected chi connectivity index (χ1v) is 8.06. The van der Waals surface area contributed by atoms with E-state index in [9.17, 15) is 0 Å². The van der Waals surface area contributed by atoms with E-state index < -0.39 is 0 Å². The van der Waals surface area contributed by atoms with Crippen molar-refractivity contribution in [2.75, 3.05) is 13.2 Å². The van der Waals surface area contributed by atoms with Crippen LogP contribution < -0.4 is 10.1 Å². The van der Waals surface area contributed by atoms with Gasteiger partial charge in [-0.2, -0.15) is 0 Å². The maximum absolute atomic E-state index is 5.60. The molecule has 3 rings (SSSR count). The molecule has 0 bridgehead atoms. The molecule has 1 aliphatic heterocycles. The molecule has 0 saturated heterocycles. The minimum atomic E-state index is 0.295. The van der Waals surface area contributed by atoms with E-state index in [-0.39, 0.29) is 0 Å². The van der Waals surface area contributed by atoms with Gasteiger partial charge in [0.05, 0.1) is 12.6 Å².